The number of aliphatic hydroxyl groups is 1. The Hall–Kier alpha value is -3.20. The molecule has 0 amide bonds. The van der Waals surface area contributed by atoms with Crippen molar-refractivity contribution in [3.05, 3.63) is 83.7 Å². The molecule has 5 nitrogen and oxygen atoms in total. The van der Waals surface area contributed by atoms with E-state index < -0.39 is 0 Å². The first-order valence-electron chi connectivity index (χ1n) is 10.2. The molecule has 1 aliphatic rings. The molecule has 3 N–H and O–H groups in total. The van der Waals surface area contributed by atoms with Crippen molar-refractivity contribution < 1.29 is 5.11 Å². The molecular weight excluding hydrogens is 372 g/mol. The highest BCUT2D eigenvalue weighted by Gasteiger charge is 2.09. The van der Waals surface area contributed by atoms with Crippen LogP contribution < -0.4 is 10.6 Å². The molecule has 4 rings (SSSR count). The van der Waals surface area contributed by atoms with E-state index in [4.69, 9.17) is 10.4 Å². The van der Waals surface area contributed by atoms with Crippen molar-refractivity contribution >= 4 is 5.69 Å². The fourth-order valence-corrected chi connectivity index (χ4v) is 3.19. The van der Waals surface area contributed by atoms with E-state index in [0.29, 0.717) is 5.56 Å². The first-order chi connectivity index (χ1) is 14.8. The van der Waals surface area contributed by atoms with Gasteiger partial charge >= 0.3 is 0 Å². The quantitative estimate of drug-likeness (QED) is 0.603. The third-order valence-electron chi connectivity index (χ3n) is 4.70. The van der Waals surface area contributed by atoms with E-state index in [1.54, 1.807) is 0 Å². The molecular formula is C25H30N4O. The predicted molar refractivity (Wildman–Crippen MR) is 123 cm³/mol. The van der Waals surface area contributed by atoms with Gasteiger partial charge in [-0.3, -0.25) is 4.98 Å². The molecule has 1 aromatic heterocycles. The molecule has 156 valence electrons. The lowest BCUT2D eigenvalue weighted by Gasteiger charge is -2.18. The minimum absolute atomic E-state index is 0.711. The van der Waals surface area contributed by atoms with E-state index in [1.165, 1.54) is 28.8 Å². The van der Waals surface area contributed by atoms with Crippen LogP contribution in [0.4, 0.5) is 5.69 Å². The van der Waals surface area contributed by atoms with Gasteiger partial charge in [-0.05, 0) is 78.0 Å². The molecule has 0 radical (unpaired) electrons. The number of hydrogen-bond donors (Lipinski definition) is 3. The normalized spacial score (nSPS) is 11.4. The molecule has 5 heteroatoms. The second-order valence-electron chi connectivity index (χ2n) is 6.73. The van der Waals surface area contributed by atoms with Gasteiger partial charge in [-0.25, -0.2) is 0 Å². The van der Waals surface area contributed by atoms with Gasteiger partial charge in [-0.15, -0.1) is 0 Å². The molecule has 0 spiro atoms. The average Bonchev–Trinajstić information content (AvgIpc) is 2.85. The molecule has 0 aliphatic carbocycles. The monoisotopic (exact) mass is 402 g/mol. The van der Waals surface area contributed by atoms with Crippen molar-refractivity contribution in [2.45, 2.75) is 26.3 Å². The van der Waals surface area contributed by atoms with Gasteiger partial charge in [0.25, 0.3) is 0 Å². The molecule has 0 bridgehead atoms. The number of nitrogens with one attached hydrogen (secondary N) is 2. The van der Waals surface area contributed by atoms with E-state index in [9.17, 15) is 0 Å². The van der Waals surface area contributed by atoms with Crippen LogP contribution in [-0.2, 0) is 13.0 Å². The largest absolute Gasteiger partial charge is 0.400 e. The molecule has 3 aromatic rings. The van der Waals surface area contributed by atoms with E-state index in [1.807, 2.05) is 42.7 Å². The Morgan fingerprint density at radius 3 is 2.57 bits per heavy atom. The maximum Gasteiger partial charge on any atom is 0.0991 e. The Kier molecular flexibility index (Phi) is 10.1. The first-order valence-corrected chi connectivity index (χ1v) is 10.2. The number of fused-ring (bicyclic) bond motifs is 1. The van der Waals surface area contributed by atoms with Crippen molar-refractivity contribution in [2.75, 3.05) is 25.5 Å². The number of benzene rings is 2. The number of rotatable bonds is 4. The third-order valence-corrected chi connectivity index (χ3v) is 4.70. The zero-order valence-corrected chi connectivity index (χ0v) is 17.7. The standard InChI is InChI=1S/C16H14N2.C8H12N2.CH4O/c17-11-12-3-1-4-13(9-12)14-6-7-16-15(10-14)5-2-8-18-16;1-2-9-7-8-3-5-10-6-4-8;1-2/h1,3-4,6-7,9-10,18H,2,5,8H2;3-6,9H,2,7H2,1H3;2H,1H3. The molecule has 0 unspecified atom stereocenters. The van der Waals surface area contributed by atoms with Gasteiger partial charge in [0.15, 0.2) is 0 Å². The molecule has 30 heavy (non-hydrogen) atoms. The van der Waals surface area contributed by atoms with Crippen LogP contribution >= 0.6 is 0 Å². The van der Waals surface area contributed by atoms with Crippen LogP contribution in [-0.4, -0.2) is 30.3 Å². The van der Waals surface area contributed by atoms with Gasteiger partial charge in [0.05, 0.1) is 11.6 Å². The Balaban J connectivity index is 0.000000228. The smallest absolute Gasteiger partial charge is 0.0991 e. The molecule has 1 aliphatic heterocycles. The predicted octanol–water partition coefficient (Wildman–Crippen LogP) is 4.38. The molecule has 0 saturated carbocycles. The zero-order chi connectivity index (χ0) is 21.6. The van der Waals surface area contributed by atoms with E-state index in [2.05, 4.69) is 52.9 Å². The summed E-state index contributed by atoms with van der Waals surface area (Å²) in [5.41, 5.74) is 6.93. The summed E-state index contributed by atoms with van der Waals surface area (Å²) < 4.78 is 0. The number of pyridine rings is 1. The molecule has 0 fully saturated rings. The van der Waals surface area contributed by atoms with Gasteiger partial charge < -0.3 is 15.7 Å². The van der Waals surface area contributed by atoms with Crippen LogP contribution in [0.2, 0.25) is 0 Å². The number of nitriles is 1. The van der Waals surface area contributed by atoms with Gasteiger partial charge in [0.1, 0.15) is 0 Å². The highest BCUT2D eigenvalue weighted by atomic mass is 16.2. The van der Waals surface area contributed by atoms with Gasteiger partial charge in [0.2, 0.25) is 0 Å². The number of anilines is 1. The first kappa shape index (κ1) is 23.1. The van der Waals surface area contributed by atoms with Gasteiger partial charge in [0, 0.05) is 38.3 Å². The molecule has 0 saturated heterocycles. The van der Waals surface area contributed by atoms with Crippen molar-refractivity contribution in [1.82, 2.24) is 10.3 Å². The number of aliphatic hydroxyl groups excluding tert-OH is 1. The van der Waals surface area contributed by atoms with Crippen molar-refractivity contribution in [3.63, 3.8) is 0 Å². The zero-order valence-electron chi connectivity index (χ0n) is 17.7. The van der Waals surface area contributed by atoms with Crippen LogP contribution in [0.25, 0.3) is 11.1 Å². The van der Waals surface area contributed by atoms with Crippen LogP contribution in [0.5, 0.6) is 0 Å². The van der Waals surface area contributed by atoms with Crippen LogP contribution in [0, 0.1) is 11.3 Å². The van der Waals surface area contributed by atoms with Crippen molar-refractivity contribution in [1.29, 1.82) is 5.26 Å². The number of hydrogen-bond acceptors (Lipinski definition) is 5. The summed E-state index contributed by atoms with van der Waals surface area (Å²) in [6, 6.07) is 20.5. The third kappa shape index (κ3) is 7.00. The summed E-state index contributed by atoms with van der Waals surface area (Å²) in [5.74, 6) is 0. The van der Waals surface area contributed by atoms with Crippen molar-refractivity contribution in [3.8, 4) is 17.2 Å². The lowest BCUT2D eigenvalue weighted by Crippen LogP contribution is -2.11. The summed E-state index contributed by atoms with van der Waals surface area (Å²) in [5, 5.41) is 22.6. The van der Waals surface area contributed by atoms with E-state index >= 15 is 0 Å². The maximum atomic E-state index is 8.94. The lowest BCUT2D eigenvalue weighted by atomic mass is 9.96. The van der Waals surface area contributed by atoms with E-state index in [-0.39, 0.29) is 0 Å². The van der Waals surface area contributed by atoms with Crippen molar-refractivity contribution in [2.24, 2.45) is 0 Å². The average molecular weight is 403 g/mol. The Bertz CT molecular complexity index is 935. The minimum Gasteiger partial charge on any atom is -0.400 e. The summed E-state index contributed by atoms with van der Waals surface area (Å²) in [4.78, 5) is 3.93. The fraction of sp³-hybridized carbons (Fsp3) is 0.280. The topological polar surface area (TPSA) is 81.0 Å². The minimum atomic E-state index is 0.711. The van der Waals surface area contributed by atoms with Crippen LogP contribution in [0.15, 0.2) is 67.0 Å². The molecule has 2 aromatic carbocycles. The fourth-order valence-electron chi connectivity index (χ4n) is 3.19. The highest BCUT2D eigenvalue weighted by molar-refractivity contribution is 5.70. The Morgan fingerprint density at radius 2 is 1.83 bits per heavy atom. The second-order valence-corrected chi connectivity index (χ2v) is 6.73. The highest BCUT2D eigenvalue weighted by Crippen LogP contribution is 2.28. The summed E-state index contributed by atoms with van der Waals surface area (Å²) >= 11 is 0. The summed E-state index contributed by atoms with van der Waals surface area (Å²) in [6.45, 7) is 5.12. The SMILES string of the molecule is CCNCc1ccncc1.CO.N#Cc1cccc(-c2ccc3c(c2)CCCN3)c1. The van der Waals surface area contributed by atoms with E-state index in [0.717, 1.165) is 38.7 Å². The van der Waals surface area contributed by atoms with Gasteiger partial charge in [-0.2, -0.15) is 5.26 Å². The summed E-state index contributed by atoms with van der Waals surface area (Å²) in [6.07, 6.45) is 5.95. The Labute approximate surface area is 179 Å². The number of nitrogens with zero attached hydrogens (tertiary/aromatic N) is 2. The summed E-state index contributed by atoms with van der Waals surface area (Å²) in [7, 11) is 1.00. The van der Waals surface area contributed by atoms with Crippen LogP contribution in [0.1, 0.15) is 30.0 Å². The second kappa shape index (κ2) is 13.1. The molecule has 2 heterocycles. The number of aromatic nitrogens is 1. The Morgan fingerprint density at radius 1 is 1.07 bits per heavy atom. The number of aryl methyl sites for hydroxylation is 1. The van der Waals surface area contributed by atoms with Crippen LogP contribution in [0.3, 0.4) is 0 Å². The van der Waals surface area contributed by atoms with Gasteiger partial charge in [-0.1, -0.05) is 25.1 Å². The lowest BCUT2D eigenvalue weighted by molar-refractivity contribution is 0.399. The maximum absolute atomic E-state index is 8.94. The molecule has 0 atom stereocenters.